The average molecular weight is 806 g/mol. The van der Waals surface area contributed by atoms with E-state index in [-0.39, 0.29) is 0 Å². The number of furan rings is 1. The van der Waals surface area contributed by atoms with Crippen LogP contribution in [0.5, 0.6) is 0 Å². The summed E-state index contributed by atoms with van der Waals surface area (Å²) in [5.74, 6) is 1.72. The summed E-state index contributed by atoms with van der Waals surface area (Å²) in [7, 11) is 0. The molecule has 13 aromatic rings. The Morgan fingerprint density at radius 3 is 1.60 bits per heavy atom. The minimum absolute atomic E-state index is 0.540. The molecule has 294 valence electrons. The van der Waals surface area contributed by atoms with E-state index in [0.29, 0.717) is 17.5 Å². The van der Waals surface area contributed by atoms with Gasteiger partial charge < -0.3 is 13.6 Å². The van der Waals surface area contributed by atoms with Gasteiger partial charge in [-0.05, 0) is 59.7 Å². The summed E-state index contributed by atoms with van der Waals surface area (Å²) in [4.78, 5) is 15.5. The molecule has 0 aliphatic heterocycles. The molecule has 0 radical (unpaired) electrons. The molecule has 0 aliphatic carbocycles. The number of nitrogens with zero attached hydrogens (tertiary/aromatic N) is 5. The number of benzene rings is 9. The topological polar surface area (TPSA) is 61.7 Å². The van der Waals surface area contributed by atoms with Gasteiger partial charge in [-0.1, -0.05) is 164 Å². The van der Waals surface area contributed by atoms with Crippen molar-refractivity contribution in [2.45, 2.75) is 0 Å². The normalized spacial score (nSPS) is 11.8. The summed E-state index contributed by atoms with van der Waals surface area (Å²) in [6.07, 6.45) is 0. The highest BCUT2D eigenvalue weighted by molar-refractivity contribution is 6.27. The maximum atomic E-state index is 6.93. The molecule has 0 aliphatic rings. The summed E-state index contributed by atoms with van der Waals surface area (Å²) in [5, 5.41) is 6.82. The molecule has 0 fully saturated rings. The van der Waals surface area contributed by atoms with Gasteiger partial charge in [-0.3, -0.25) is 0 Å². The third-order valence-electron chi connectivity index (χ3n) is 12.4. The van der Waals surface area contributed by atoms with Gasteiger partial charge in [0.1, 0.15) is 11.2 Å². The Hall–Kier alpha value is -8.61. The zero-order valence-electron chi connectivity index (χ0n) is 33.9. The smallest absolute Gasteiger partial charge is 0.167 e. The predicted octanol–water partition coefficient (Wildman–Crippen LogP) is 14.6. The lowest BCUT2D eigenvalue weighted by atomic mass is 10.0. The molecule has 0 spiro atoms. The standard InChI is InChI=1S/C57H35N5O/c1-4-16-36(17-5-1)37-28-30-39(31-29-37)56-58-55(38-18-6-2-7-19-38)59-57(60-56)45-33-35-49(52-44-24-12-15-27-50(44)63-54(45)52)62-47-26-14-11-23-43(47)51-48(62)34-32-42-41-22-10-13-25-46(41)61(53(42)51)40-20-8-3-9-21-40/h1-35H. The summed E-state index contributed by atoms with van der Waals surface area (Å²) in [5.41, 5.74) is 13.1. The molecule has 0 bridgehead atoms. The second-order valence-corrected chi connectivity index (χ2v) is 15.9. The molecule has 13 rings (SSSR count). The monoisotopic (exact) mass is 805 g/mol. The van der Waals surface area contributed by atoms with E-state index >= 15 is 0 Å². The Labute approximate surface area is 361 Å². The van der Waals surface area contributed by atoms with Crippen LogP contribution in [0.1, 0.15) is 0 Å². The number of rotatable bonds is 6. The van der Waals surface area contributed by atoms with Gasteiger partial charge in [0.25, 0.3) is 0 Å². The van der Waals surface area contributed by atoms with Gasteiger partial charge in [-0.15, -0.1) is 0 Å². The third-order valence-corrected chi connectivity index (χ3v) is 12.4. The van der Waals surface area contributed by atoms with Gasteiger partial charge in [0, 0.05) is 43.7 Å². The zero-order valence-corrected chi connectivity index (χ0v) is 33.9. The Balaban J connectivity index is 1.08. The Bertz CT molecular complexity index is 3890. The second-order valence-electron chi connectivity index (χ2n) is 15.9. The highest BCUT2D eigenvalue weighted by atomic mass is 16.3. The summed E-state index contributed by atoms with van der Waals surface area (Å²) in [6.45, 7) is 0. The fraction of sp³-hybridized carbons (Fsp3) is 0. The molecular weight excluding hydrogens is 771 g/mol. The van der Waals surface area contributed by atoms with Gasteiger partial charge in [0.05, 0.1) is 38.7 Å². The first-order valence-electron chi connectivity index (χ1n) is 21.2. The number of hydrogen-bond donors (Lipinski definition) is 0. The zero-order chi connectivity index (χ0) is 41.4. The van der Waals surface area contributed by atoms with Crippen molar-refractivity contribution in [3.05, 3.63) is 212 Å². The van der Waals surface area contributed by atoms with Crippen LogP contribution in [0.2, 0.25) is 0 Å². The van der Waals surface area contributed by atoms with E-state index in [1.807, 2.05) is 48.5 Å². The lowest BCUT2D eigenvalue weighted by molar-refractivity contribution is 0.669. The van der Waals surface area contributed by atoms with Crippen molar-refractivity contribution in [1.29, 1.82) is 0 Å². The highest BCUT2D eigenvalue weighted by Gasteiger charge is 2.25. The van der Waals surface area contributed by atoms with Crippen LogP contribution >= 0.6 is 0 Å². The SMILES string of the molecule is c1ccc(-c2ccc(-c3nc(-c4ccccc4)nc(-c4ccc(-n5c6ccccc6c6c5ccc5c7ccccc7n(-c7ccccc7)c56)c5c4oc4ccccc45)n3)cc2)cc1. The Morgan fingerprint density at radius 1 is 0.333 bits per heavy atom. The van der Waals surface area contributed by atoms with Gasteiger partial charge in [-0.25, -0.2) is 15.0 Å². The first kappa shape index (κ1) is 35.2. The number of fused-ring (bicyclic) bond motifs is 10. The fourth-order valence-corrected chi connectivity index (χ4v) is 9.57. The van der Waals surface area contributed by atoms with Crippen LogP contribution in [-0.4, -0.2) is 24.1 Å². The second kappa shape index (κ2) is 14.0. The highest BCUT2D eigenvalue weighted by Crippen LogP contribution is 2.45. The van der Waals surface area contributed by atoms with Gasteiger partial charge in [0.15, 0.2) is 17.5 Å². The van der Waals surface area contributed by atoms with Crippen LogP contribution in [0.3, 0.4) is 0 Å². The molecule has 6 heteroatoms. The number of para-hydroxylation sites is 4. The largest absolute Gasteiger partial charge is 0.455 e. The first-order chi connectivity index (χ1) is 31.3. The lowest BCUT2D eigenvalue weighted by Crippen LogP contribution is -2.01. The number of hydrogen-bond acceptors (Lipinski definition) is 4. The van der Waals surface area contributed by atoms with E-state index in [1.54, 1.807) is 0 Å². The fourth-order valence-electron chi connectivity index (χ4n) is 9.57. The summed E-state index contributed by atoms with van der Waals surface area (Å²) in [6, 6.07) is 74.3. The van der Waals surface area contributed by atoms with Crippen molar-refractivity contribution in [3.63, 3.8) is 0 Å². The van der Waals surface area contributed by atoms with Crippen molar-refractivity contribution in [1.82, 2.24) is 24.1 Å². The van der Waals surface area contributed by atoms with Crippen molar-refractivity contribution in [3.8, 4) is 56.7 Å². The molecular formula is C57H35N5O. The van der Waals surface area contributed by atoms with Crippen molar-refractivity contribution in [2.24, 2.45) is 0 Å². The van der Waals surface area contributed by atoms with Crippen LogP contribution in [-0.2, 0) is 0 Å². The van der Waals surface area contributed by atoms with E-state index in [4.69, 9.17) is 19.4 Å². The molecule has 6 nitrogen and oxygen atoms in total. The molecule has 9 aromatic carbocycles. The quantitative estimate of drug-likeness (QED) is 0.168. The van der Waals surface area contributed by atoms with Crippen LogP contribution in [0, 0.1) is 0 Å². The molecule has 4 heterocycles. The summed E-state index contributed by atoms with van der Waals surface area (Å²) >= 11 is 0. The molecule has 0 amide bonds. The van der Waals surface area contributed by atoms with Crippen molar-refractivity contribution < 1.29 is 4.42 Å². The predicted molar refractivity (Wildman–Crippen MR) is 258 cm³/mol. The van der Waals surface area contributed by atoms with E-state index in [2.05, 4.69) is 173 Å². The van der Waals surface area contributed by atoms with E-state index in [9.17, 15) is 0 Å². The Kier molecular flexibility index (Phi) is 7.80. The third kappa shape index (κ3) is 5.48. The van der Waals surface area contributed by atoms with Crippen LogP contribution < -0.4 is 0 Å². The first-order valence-corrected chi connectivity index (χ1v) is 21.2. The maximum Gasteiger partial charge on any atom is 0.167 e. The molecule has 0 N–H and O–H groups in total. The molecule has 0 unspecified atom stereocenters. The van der Waals surface area contributed by atoms with Crippen LogP contribution in [0.15, 0.2) is 217 Å². The van der Waals surface area contributed by atoms with Gasteiger partial charge in [0.2, 0.25) is 0 Å². The van der Waals surface area contributed by atoms with E-state index in [0.717, 1.165) is 72.2 Å². The van der Waals surface area contributed by atoms with Crippen LogP contribution in [0.4, 0.5) is 0 Å². The minimum atomic E-state index is 0.540. The number of aromatic nitrogens is 5. The van der Waals surface area contributed by atoms with E-state index < -0.39 is 0 Å². The van der Waals surface area contributed by atoms with Crippen molar-refractivity contribution in [2.75, 3.05) is 0 Å². The van der Waals surface area contributed by atoms with Gasteiger partial charge >= 0.3 is 0 Å². The lowest BCUT2D eigenvalue weighted by Gasteiger charge is -2.13. The van der Waals surface area contributed by atoms with Crippen molar-refractivity contribution >= 4 is 65.6 Å². The van der Waals surface area contributed by atoms with Crippen LogP contribution in [0.25, 0.3) is 122 Å². The van der Waals surface area contributed by atoms with Gasteiger partial charge in [-0.2, -0.15) is 0 Å². The maximum absolute atomic E-state index is 6.93. The molecule has 4 aromatic heterocycles. The van der Waals surface area contributed by atoms with E-state index in [1.165, 1.54) is 32.6 Å². The summed E-state index contributed by atoms with van der Waals surface area (Å²) < 4.78 is 11.8. The average Bonchev–Trinajstić information content (AvgIpc) is 4.03. The minimum Gasteiger partial charge on any atom is -0.455 e. The molecule has 63 heavy (non-hydrogen) atoms. The molecule has 0 atom stereocenters. The molecule has 0 saturated heterocycles. The Morgan fingerprint density at radius 2 is 0.873 bits per heavy atom. The molecule has 0 saturated carbocycles.